The summed E-state index contributed by atoms with van der Waals surface area (Å²) in [5.74, 6) is 0. The van der Waals surface area contributed by atoms with E-state index < -0.39 is 0 Å². The molecule has 0 spiro atoms. The second kappa shape index (κ2) is 5.01. The van der Waals surface area contributed by atoms with Crippen molar-refractivity contribution in [2.45, 2.75) is 38.4 Å². The minimum absolute atomic E-state index is 0.393. The molecular formula is C15H18N6. The Morgan fingerprint density at radius 3 is 3.00 bits per heavy atom. The number of hydrogen-bond acceptors (Lipinski definition) is 4. The first-order chi connectivity index (χ1) is 10.3. The van der Waals surface area contributed by atoms with Gasteiger partial charge in [0, 0.05) is 38.1 Å². The number of nitriles is 1. The Bertz CT molecular complexity index is 662. The number of hydrogen-bond donors (Lipinski definition) is 0. The van der Waals surface area contributed by atoms with E-state index in [0.29, 0.717) is 11.6 Å². The molecule has 6 heteroatoms. The molecule has 0 amide bonds. The molecule has 0 bridgehead atoms. The number of fused-ring (bicyclic) bond motifs is 1. The maximum absolute atomic E-state index is 8.83. The van der Waals surface area contributed by atoms with Gasteiger partial charge >= 0.3 is 0 Å². The minimum atomic E-state index is 0.393. The van der Waals surface area contributed by atoms with Gasteiger partial charge in [-0.15, -0.1) is 0 Å². The molecular weight excluding hydrogens is 264 g/mol. The van der Waals surface area contributed by atoms with Crippen LogP contribution >= 0.6 is 0 Å². The van der Waals surface area contributed by atoms with Gasteiger partial charge in [0.1, 0.15) is 6.07 Å². The molecule has 21 heavy (non-hydrogen) atoms. The Labute approximate surface area is 123 Å². The highest BCUT2D eigenvalue weighted by atomic mass is 15.4. The Balaban J connectivity index is 1.36. The molecule has 2 aromatic rings. The smallest absolute Gasteiger partial charge is 0.102 e. The zero-order valence-electron chi connectivity index (χ0n) is 11.9. The largest absolute Gasteiger partial charge is 0.293 e. The second-order valence-electron chi connectivity index (χ2n) is 5.98. The van der Waals surface area contributed by atoms with E-state index in [9.17, 15) is 0 Å². The van der Waals surface area contributed by atoms with Crippen molar-refractivity contribution in [3.8, 4) is 6.07 Å². The van der Waals surface area contributed by atoms with E-state index in [1.54, 1.807) is 6.20 Å². The van der Waals surface area contributed by atoms with Crippen LogP contribution in [0.5, 0.6) is 0 Å². The lowest BCUT2D eigenvalue weighted by atomic mass is 10.1. The predicted molar refractivity (Wildman–Crippen MR) is 76.4 cm³/mol. The lowest BCUT2D eigenvalue weighted by Crippen LogP contribution is -2.47. The summed E-state index contributed by atoms with van der Waals surface area (Å²) in [5, 5.41) is 17.8. The van der Waals surface area contributed by atoms with Gasteiger partial charge in [0.25, 0.3) is 0 Å². The summed E-state index contributed by atoms with van der Waals surface area (Å²) < 4.78 is 4.08. The van der Waals surface area contributed by atoms with E-state index in [1.165, 1.54) is 30.7 Å². The third-order valence-electron chi connectivity index (χ3n) is 4.39. The molecule has 2 aromatic heterocycles. The summed E-state index contributed by atoms with van der Waals surface area (Å²) in [6.45, 7) is 3.95. The molecule has 0 atom stereocenters. The van der Waals surface area contributed by atoms with Gasteiger partial charge in [-0.05, 0) is 25.3 Å². The van der Waals surface area contributed by atoms with E-state index >= 15 is 0 Å². The van der Waals surface area contributed by atoms with Crippen LogP contribution in [0.3, 0.4) is 0 Å². The predicted octanol–water partition coefficient (Wildman–Crippen LogP) is 1.34. The van der Waals surface area contributed by atoms with Gasteiger partial charge in [-0.1, -0.05) is 0 Å². The molecule has 4 heterocycles. The van der Waals surface area contributed by atoms with E-state index in [0.717, 1.165) is 26.2 Å². The second-order valence-corrected chi connectivity index (χ2v) is 5.98. The van der Waals surface area contributed by atoms with Crippen LogP contribution in [0.4, 0.5) is 0 Å². The van der Waals surface area contributed by atoms with Crippen LogP contribution in [0.1, 0.15) is 35.8 Å². The molecule has 0 unspecified atom stereocenters. The first-order valence-corrected chi connectivity index (χ1v) is 7.54. The minimum Gasteiger partial charge on any atom is -0.293 e. The van der Waals surface area contributed by atoms with Crippen LogP contribution in [0.15, 0.2) is 18.5 Å². The van der Waals surface area contributed by atoms with Gasteiger partial charge < -0.3 is 0 Å². The number of aromatic nitrogens is 4. The molecule has 0 saturated carbocycles. The average Bonchev–Trinajstić information content (AvgIpc) is 3.08. The lowest BCUT2D eigenvalue weighted by molar-refractivity contribution is 0.0893. The zero-order chi connectivity index (χ0) is 14.2. The molecule has 0 radical (unpaired) electrons. The van der Waals surface area contributed by atoms with Crippen molar-refractivity contribution in [2.75, 3.05) is 13.1 Å². The summed E-state index contributed by atoms with van der Waals surface area (Å²) >= 11 is 0. The fourth-order valence-corrected chi connectivity index (χ4v) is 3.22. The van der Waals surface area contributed by atoms with Crippen molar-refractivity contribution < 1.29 is 0 Å². The standard InChI is InChI=1S/C15H18N6/c16-6-12-7-17-21(8-12)15-10-19(11-15)9-13-5-14-3-1-2-4-20(14)18-13/h5,7-8,15H,1-4,9-11H2. The van der Waals surface area contributed by atoms with Gasteiger partial charge in [-0.2, -0.15) is 15.5 Å². The van der Waals surface area contributed by atoms with Gasteiger partial charge in [0.05, 0.1) is 23.5 Å². The molecule has 2 aliphatic heterocycles. The molecule has 1 fully saturated rings. The fourth-order valence-electron chi connectivity index (χ4n) is 3.22. The van der Waals surface area contributed by atoms with Crippen LogP contribution in [-0.4, -0.2) is 37.6 Å². The molecule has 6 nitrogen and oxygen atoms in total. The van der Waals surface area contributed by atoms with Crippen LogP contribution in [0, 0.1) is 11.3 Å². The highest BCUT2D eigenvalue weighted by molar-refractivity contribution is 5.22. The van der Waals surface area contributed by atoms with E-state index in [-0.39, 0.29) is 0 Å². The van der Waals surface area contributed by atoms with Crippen molar-refractivity contribution in [3.05, 3.63) is 35.4 Å². The van der Waals surface area contributed by atoms with Gasteiger partial charge in [-0.25, -0.2) is 0 Å². The molecule has 108 valence electrons. The van der Waals surface area contributed by atoms with Crippen LogP contribution in [0.25, 0.3) is 0 Å². The van der Waals surface area contributed by atoms with Crippen molar-refractivity contribution >= 4 is 0 Å². The summed E-state index contributed by atoms with van der Waals surface area (Å²) in [4.78, 5) is 2.38. The normalized spacial score (nSPS) is 19.0. The van der Waals surface area contributed by atoms with E-state index in [4.69, 9.17) is 10.4 Å². The quantitative estimate of drug-likeness (QED) is 0.852. The van der Waals surface area contributed by atoms with E-state index in [2.05, 4.69) is 26.8 Å². The van der Waals surface area contributed by atoms with Gasteiger partial charge in [0.15, 0.2) is 0 Å². The highest BCUT2D eigenvalue weighted by Crippen LogP contribution is 2.23. The van der Waals surface area contributed by atoms with Crippen LogP contribution in [-0.2, 0) is 19.5 Å². The maximum atomic E-state index is 8.83. The molecule has 0 N–H and O–H groups in total. The highest BCUT2D eigenvalue weighted by Gasteiger charge is 2.29. The Kier molecular flexibility index (Phi) is 3.00. The van der Waals surface area contributed by atoms with Crippen LogP contribution < -0.4 is 0 Å². The van der Waals surface area contributed by atoms with Crippen molar-refractivity contribution in [2.24, 2.45) is 0 Å². The SMILES string of the molecule is N#Cc1cnn(C2CN(Cc3cc4n(n3)CCCC4)C2)c1. The summed E-state index contributed by atoms with van der Waals surface area (Å²) in [7, 11) is 0. The number of rotatable bonds is 3. The fraction of sp³-hybridized carbons (Fsp3) is 0.533. The molecule has 0 aromatic carbocycles. The lowest BCUT2D eigenvalue weighted by Gasteiger charge is -2.38. The third kappa shape index (κ3) is 2.34. The van der Waals surface area contributed by atoms with Gasteiger partial charge in [-0.3, -0.25) is 14.3 Å². The Morgan fingerprint density at radius 1 is 1.33 bits per heavy atom. The molecule has 2 aliphatic rings. The molecule has 1 saturated heterocycles. The molecule has 4 rings (SSSR count). The zero-order valence-corrected chi connectivity index (χ0v) is 11.9. The first kappa shape index (κ1) is 12.6. The number of nitrogens with zero attached hydrogens (tertiary/aromatic N) is 6. The number of aryl methyl sites for hydroxylation is 2. The maximum Gasteiger partial charge on any atom is 0.102 e. The Morgan fingerprint density at radius 2 is 2.24 bits per heavy atom. The van der Waals surface area contributed by atoms with Crippen molar-refractivity contribution in [3.63, 3.8) is 0 Å². The van der Waals surface area contributed by atoms with Crippen molar-refractivity contribution in [1.82, 2.24) is 24.5 Å². The van der Waals surface area contributed by atoms with Crippen LogP contribution in [0.2, 0.25) is 0 Å². The Hall–Kier alpha value is -2.13. The summed E-state index contributed by atoms with van der Waals surface area (Å²) in [6, 6.07) is 4.77. The number of likely N-dealkylation sites (tertiary alicyclic amines) is 1. The third-order valence-corrected chi connectivity index (χ3v) is 4.39. The summed E-state index contributed by atoms with van der Waals surface area (Å²) in [6.07, 6.45) is 7.17. The summed E-state index contributed by atoms with van der Waals surface area (Å²) in [5.41, 5.74) is 3.21. The monoisotopic (exact) mass is 282 g/mol. The van der Waals surface area contributed by atoms with Gasteiger partial charge in [0.2, 0.25) is 0 Å². The van der Waals surface area contributed by atoms with Crippen molar-refractivity contribution in [1.29, 1.82) is 5.26 Å². The first-order valence-electron chi connectivity index (χ1n) is 7.54. The molecule has 0 aliphatic carbocycles. The topological polar surface area (TPSA) is 62.7 Å². The average molecular weight is 282 g/mol. The van der Waals surface area contributed by atoms with E-state index in [1.807, 2.05) is 10.9 Å².